The molecule has 1 unspecified atom stereocenters. The highest BCUT2D eigenvalue weighted by atomic mass is 32.2. The third-order valence-corrected chi connectivity index (χ3v) is 6.86. The van der Waals surface area contributed by atoms with Gasteiger partial charge >= 0.3 is 0 Å². The van der Waals surface area contributed by atoms with Gasteiger partial charge in [-0.1, -0.05) is 30.3 Å². The van der Waals surface area contributed by atoms with Gasteiger partial charge in [0.25, 0.3) is 0 Å². The Morgan fingerprint density at radius 1 is 1.03 bits per heavy atom. The van der Waals surface area contributed by atoms with E-state index < -0.39 is 16.1 Å². The summed E-state index contributed by atoms with van der Waals surface area (Å²) in [7, 11) is -1.97. The molecule has 0 saturated heterocycles. The lowest BCUT2D eigenvalue weighted by atomic mass is 10.1. The van der Waals surface area contributed by atoms with Crippen LogP contribution in [0, 0.1) is 20.8 Å². The largest absolute Gasteiger partial charge is 0.357 e. The summed E-state index contributed by atoms with van der Waals surface area (Å²) in [5.74, 6) is -0.437. The van der Waals surface area contributed by atoms with Crippen molar-refractivity contribution < 1.29 is 18.0 Å². The van der Waals surface area contributed by atoms with Gasteiger partial charge in [0, 0.05) is 26.6 Å². The highest BCUT2D eigenvalue weighted by molar-refractivity contribution is 7.92. The third kappa shape index (κ3) is 7.32. The Hall–Kier alpha value is -2.87. The van der Waals surface area contributed by atoms with E-state index in [0.29, 0.717) is 18.7 Å². The summed E-state index contributed by atoms with van der Waals surface area (Å²) in [5, 5.41) is 2.61. The van der Waals surface area contributed by atoms with Crippen molar-refractivity contribution >= 4 is 27.5 Å². The van der Waals surface area contributed by atoms with Crippen molar-refractivity contribution in [3.8, 4) is 0 Å². The van der Waals surface area contributed by atoms with E-state index in [1.165, 1.54) is 10.6 Å². The van der Waals surface area contributed by atoms with Crippen LogP contribution in [0.1, 0.15) is 42.0 Å². The van der Waals surface area contributed by atoms with Crippen LogP contribution in [-0.4, -0.2) is 51.0 Å². The minimum absolute atomic E-state index is 0.129. The zero-order valence-corrected chi connectivity index (χ0v) is 21.2. The van der Waals surface area contributed by atoms with E-state index in [0.717, 1.165) is 22.3 Å². The topological polar surface area (TPSA) is 86.8 Å². The number of hydrogen-bond donors (Lipinski definition) is 1. The predicted molar refractivity (Wildman–Crippen MR) is 133 cm³/mol. The summed E-state index contributed by atoms with van der Waals surface area (Å²) < 4.78 is 26.3. The lowest BCUT2D eigenvalue weighted by Crippen LogP contribution is -2.47. The monoisotopic (exact) mass is 473 g/mol. The first-order valence-corrected chi connectivity index (χ1v) is 12.9. The number of sulfonamides is 1. The number of likely N-dealkylation sites (N-methyl/N-ethyl adjacent to an activating group) is 1. The highest BCUT2D eigenvalue weighted by Gasteiger charge is 2.26. The second-order valence-corrected chi connectivity index (χ2v) is 10.4. The maximum Gasteiger partial charge on any atom is 0.242 e. The average molecular weight is 474 g/mol. The van der Waals surface area contributed by atoms with Crippen LogP contribution in [0.2, 0.25) is 0 Å². The van der Waals surface area contributed by atoms with Crippen LogP contribution in [0.25, 0.3) is 0 Å². The highest BCUT2D eigenvalue weighted by Crippen LogP contribution is 2.22. The minimum atomic E-state index is -3.51. The number of carbonyl (C=O) groups is 2. The van der Waals surface area contributed by atoms with E-state index >= 15 is 0 Å². The van der Waals surface area contributed by atoms with E-state index in [9.17, 15) is 18.0 Å². The second-order valence-electron chi connectivity index (χ2n) is 8.52. The molecule has 8 heteroatoms. The molecule has 2 aromatic carbocycles. The standard InChI is InChI=1S/C25H35N3O4S/c1-18-14-19(2)16-23(15-18)28(33(6,31)32)13-9-12-24(29)27(21(4)25(30)26-5)17-22-11-8-7-10-20(22)3/h7-8,10-11,14-16,21H,9,12-13,17H2,1-6H3,(H,26,30). The first-order valence-electron chi connectivity index (χ1n) is 11.1. The molecule has 180 valence electrons. The molecule has 7 nitrogen and oxygen atoms in total. The van der Waals surface area contributed by atoms with Crippen molar-refractivity contribution in [2.24, 2.45) is 0 Å². The summed E-state index contributed by atoms with van der Waals surface area (Å²) in [6, 6.07) is 12.7. The Morgan fingerprint density at radius 2 is 1.64 bits per heavy atom. The molecule has 0 spiro atoms. The smallest absolute Gasteiger partial charge is 0.242 e. The van der Waals surface area contributed by atoms with Gasteiger partial charge in [-0.15, -0.1) is 0 Å². The molecule has 33 heavy (non-hydrogen) atoms. The number of anilines is 1. The molecule has 0 radical (unpaired) electrons. The molecule has 0 saturated carbocycles. The van der Waals surface area contributed by atoms with Crippen molar-refractivity contribution in [1.82, 2.24) is 10.2 Å². The van der Waals surface area contributed by atoms with Gasteiger partial charge in [0.1, 0.15) is 6.04 Å². The molecule has 2 amide bonds. The quantitative estimate of drug-likeness (QED) is 0.574. The second kappa shape index (κ2) is 11.3. The van der Waals surface area contributed by atoms with Gasteiger partial charge < -0.3 is 10.2 Å². The predicted octanol–water partition coefficient (Wildman–Crippen LogP) is 3.32. The van der Waals surface area contributed by atoms with Gasteiger partial charge in [0.05, 0.1) is 11.9 Å². The molecule has 0 fully saturated rings. The van der Waals surface area contributed by atoms with Crippen molar-refractivity contribution in [1.29, 1.82) is 0 Å². The molecule has 0 aliphatic rings. The maximum atomic E-state index is 13.2. The molecule has 1 atom stereocenters. The molecule has 0 aromatic heterocycles. The third-order valence-electron chi connectivity index (χ3n) is 5.66. The lowest BCUT2D eigenvalue weighted by molar-refractivity contribution is -0.140. The molecule has 1 N–H and O–H groups in total. The van der Waals surface area contributed by atoms with Crippen molar-refractivity contribution in [2.75, 3.05) is 24.2 Å². The Bertz CT molecular complexity index is 1080. The van der Waals surface area contributed by atoms with Gasteiger partial charge in [0.2, 0.25) is 21.8 Å². The van der Waals surface area contributed by atoms with Crippen LogP contribution in [0.15, 0.2) is 42.5 Å². The van der Waals surface area contributed by atoms with E-state index in [1.807, 2.05) is 63.2 Å². The fraction of sp³-hybridized carbons (Fsp3) is 0.440. The number of rotatable bonds is 10. The Kier molecular flexibility index (Phi) is 9.05. The maximum absolute atomic E-state index is 13.2. The van der Waals surface area contributed by atoms with E-state index in [1.54, 1.807) is 18.9 Å². The van der Waals surface area contributed by atoms with E-state index in [2.05, 4.69) is 5.32 Å². The zero-order chi connectivity index (χ0) is 24.8. The minimum Gasteiger partial charge on any atom is -0.357 e. The van der Waals surface area contributed by atoms with Gasteiger partial charge in [-0.25, -0.2) is 8.42 Å². The van der Waals surface area contributed by atoms with Crippen molar-refractivity contribution in [3.05, 3.63) is 64.7 Å². The van der Waals surface area contributed by atoms with Crippen LogP contribution in [0.4, 0.5) is 5.69 Å². The van der Waals surface area contributed by atoms with E-state index in [4.69, 9.17) is 0 Å². The molecular formula is C25H35N3O4S. The average Bonchev–Trinajstić information content (AvgIpc) is 2.73. The molecule has 2 rings (SSSR count). The number of nitrogens with one attached hydrogen (secondary N) is 1. The SMILES string of the molecule is CNC(=O)C(C)N(Cc1ccccc1C)C(=O)CCCN(c1cc(C)cc(C)c1)S(C)(=O)=O. The Labute approximate surface area is 197 Å². The fourth-order valence-electron chi connectivity index (χ4n) is 3.86. The molecule has 0 bridgehead atoms. The number of benzene rings is 2. The number of nitrogens with zero attached hydrogens (tertiary/aromatic N) is 2. The summed E-state index contributed by atoms with van der Waals surface area (Å²) in [5.41, 5.74) is 4.54. The first-order chi connectivity index (χ1) is 15.4. The van der Waals surface area contributed by atoms with Gasteiger partial charge in [-0.05, 0) is 68.5 Å². The van der Waals surface area contributed by atoms with Crippen LogP contribution < -0.4 is 9.62 Å². The summed E-state index contributed by atoms with van der Waals surface area (Å²) >= 11 is 0. The van der Waals surface area contributed by atoms with Crippen molar-refractivity contribution in [3.63, 3.8) is 0 Å². The normalized spacial score (nSPS) is 12.2. The molecule has 0 heterocycles. The number of hydrogen-bond acceptors (Lipinski definition) is 4. The number of amides is 2. The Balaban J connectivity index is 2.18. The van der Waals surface area contributed by atoms with Gasteiger partial charge in [-0.2, -0.15) is 0 Å². The number of carbonyl (C=O) groups excluding carboxylic acids is 2. The van der Waals surface area contributed by atoms with Gasteiger partial charge in [-0.3, -0.25) is 13.9 Å². The van der Waals surface area contributed by atoms with Crippen LogP contribution in [0.3, 0.4) is 0 Å². The van der Waals surface area contributed by atoms with E-state index in [-0.39, 0.29) is 24.8 Å². The van der Waals surface area contributed by atoms with Crippen LogP contribution in [0.5, 0.6) is 0 Å². The van der Waals surface area contributed by atoms with Crippen molar-refractivity contribution in [2.45, 2.75) is 53.1 Å². The molecule has 2 aromatic rings. The summed E-state index contributed by atoms with van der Waals surface area (Å²) in [4.78, 5) is 27.0. The number of aryl methyl sites for hydroxylation is 3. The first kappa shape index (κ1) is 26.4. The lowest BCUT2D eigenvalue weighted by Gasteiger charge is -2.29. The molecular weight excluding hydrogens is 438 g/mol. The fourth-order valence-corrected chi connectivity index (χ4v) is 4.81. The summed E-state index contributed by atoms with van der Waals surface area (Å²) in [6.45, 7) is 8.00. The Morgan fingerprint density at radius 3 is 2.18 bits per heavy atom. The van der Waals surface area contributed by atoms with Crippen LogP contribution in [-0.2, 0) is 26.2 Å². The zero-order valence-electron chi connectivity index (χ0n) is 20.4. The van der Waals surface area contributed by atoms with Gasteiger partial charge in [0.15, 0.2) is 0 Å². The molecule has 0 aliphatic heterocycles. The molecule has 0 aliphatic carbocycles. The summed E-state index contributed by atoms with van der Waals surface area (Å²) in [6.07, 6.45) is 1.64. The van der Waals surface area contributed by atoms with Crippen LogP contribution >= 0.6 is 0 Å².